The molecule has 0 unspecified atom stereocenters. The number of nitrogens with one attached hydrogen (secondary N) is 2. The molecule has 0 spiro atoms. The molecule has 0 bridgehead atoms. The second-order valence-corrected chi connectivity index (χ2v) is 4.58. The summed E-state index contributed by atoms with van der Waals surface area (Å²) in [6.07, 6.45) is 0. The van der Waals surface area contributed by atoms with E-state index in [0.717, 1.165) is 17.8 Å². The number of hydrogen-bond acceptors (Lipinski definition) is 2. The van der Waals surface area contributed by atoms with Gasteiger partial charge in [0.1, 0.15) is 0 Å². The molecule has 4 nitrogen and oxygen atoms in total. The highest BCUT2D eigenvalue weighted by Gasteiger charge is 2.04. The second-order valence-electron chi connectivity index (χ2n) is 4.14. The fourth-order valence-corrected chi connectivity index (χ4v) is 1.55. The van der Waals surface area contributed by atoms with Crippen molar-refractivity contribution in [1.82, 2.24) is 10.2 Å². The molecule has 2 N–H and O–H groups in total. The Morgan fingerprint density at radius 2 is 2.12 bits per heavy atom. The lowest BCUT2D eigenvalue weighted by atomic mass is 10.2. The maximum atomic E-state index is 11.6. The van der Waals surface area contributed by atoms with Crippen LogP contribution in [0.15, 0.2) is 18.2 Å². The number of halogens is 1. The van der Waals surface area contributed by atoms with Gasteiger partial charge in [-0.3, -0.25) is 0 Å². The molecule has 0 heterocycles. The first-order valence-electron chi connectivity index (χ1n) is 5.45. The molecule has 0 aliphatic heterocycles. The van der Waals surface area contributed by atoms with Gasteiger partial charge >= 0.3 is 6.03 Å². The van der Waals surface area contributed by atoms with Crippen molar-refractivity contribution in [3.8, 4) is 0 Å². The van der Waals surface area contributed by atoms with Gasteiger partial charge in [-0.2, -0.15) is 0 Å². The molecule has 2 amide bonds. The first kappa shape index (κ1) is 13.8. The van der Waals surface area contributed by atoms with Gasteiger partial charge in [-0.05, 0) is 44.8 Å². The molecule has 0 saturated carbocycles. The third kappa shape index (κ3) is 5.06. The third-order valence-corrected chi connectivity index (χ3v) is 2.52. The molecule has 17 heavy (non-hydrogen) atoms. The van der Waals surface area contributed by atoms with Crippen molar-refractivity contribution in [2.45, 2.75) is 6.92 Å². The highest BCUT2D eigenvalue weighted by Crippen LogP contribution is 2.19. The van der Waals surface area contributed by atoms with Crippen LogP contribution in [0.2, 0.25) is 5.02 Å². The van der Waals surface area contributed by atoms with Crippen LogP contribution in [0.1, 0.15) is 5.56 Å². The lowest BCUT2D eigenvalue weighted by molar-refractivity contribution is 0.250. The number of anilines is 1. The Balaban J connectivity index is 2.45. The number of amides is 2. The van der Waals surface area contributed by atoms with Crippen LogP contribution in [0.5, 0.6) is 0 Å². The molecule has 94 valence electrons. The fraction of sp³-hybridized carbons (Fsp3) is 0.417. The van der Waals surface area contributed by atoms with Crippen LogP contribution in [0, 0.1) is 6.92 Å². The van der Waals surface area contributed by atoms with Crippen molar-refractivity contribution in [2.75, 3.05) is 32.5 Å². The zero-order valence-electron chi connectivity index (χ0n) is 10.4. The van der Waals surface area contributed by atoms with Gasteiger partial charge in [0.05, 0.1) is 0 Å². The van der Waals surface area contributed by atoms with E-state index in [0.29, 0.717) is 11.6 Å². The number of benzene rings is 1. The molecule has 0 radical (unpaired) electrons. The molecule has 0 fully saturated rings. The number of nitrogens with zero attached hydrogens (tertiary/aromatic N) is 1. The molecule has 0 saturated heterocycles. The van der Waals surface area contributed by atoms with Crippen molar-refractivity contribution < 1.29 is 4.79 Å². The van der Waals surface area contributed by atoms with E-state index >= 15 is 0 Å². The zero-order chi connectivity index (χ0) is 12.8. The van der Waals surface area contributed by atoms with Gasteiger partial charge in [-0.1, -0.05) is 11.6 Å². The fourth-order valence-electron chi connectivity index (χ4n) is 1.33. The van der Waals surface area contributed by atoms with Crippen molar-refractivity contribution in [3.05, 3.63) is 28.8 Å². The number of hydrogen-bond donors (Lipinski definition) is 2. The number of likely N-dealkylation sites (N-methyl/N-ethyl adjacent to an activating group) is 1. The largest absolute Gasteiger partial charge is 0.337 e. The minimum Gasteiger partial charge on any atom is -0.337 e. The zero-order valence-corrected chi connectivity index (χ0v) is 11.1. The summed E-state index contributed by atoms with van der Waals surface area (Å²) in [5.74, 6) is 0. The topological polar surface area (TPSA) is 44.4 Å². The summed E-state index contributed by atoms with van der Waals surface area (Å²) >= 11 is 5.84. The van der Waals surface area contributed by atoms with Crippen molar-refractivity contribution >= 4 is 23.3 Å². The molecular formula is C12H18ClN3O. The average molecular weight is 256 g/mol. The van der Waals surface area contributed by atoms with Gasteiger partial charge < -0.3 is 15.5 Å². The first-order valence-corrected chi connectivity index (χ1v) is 5.82. The van der Waals surface area contributed by atoms with E-state index in [1.54, 1.807) is 12.1 Å². The summed E-state index contributed by atoms with van der Waals surface area (Å²) in [7, 11) is 3.92. The molecule has 0 aliphatic carbocycles. The third-order valence-electron chi connectivity index (χ3n) is 2.28. The van der Waals surface area contributed by atoms with Crippen LogP contribution in [0.25, 0.3) is 0 Å². The van der Waals surface area contributed by atoms with Crippen molar-refractivity contribution in [3.63, 3.8) is 0 Å². The monoisotopic (exact) mass is 255 g/mol. The van der Waals surface area contributed by atoms with Gasteiger partial charge in [0.25, 0.3) is 0 Å². The Morgan fingerprint density at radius 1 is 1.41 bits per heavy atom. The van der Waals surface area contributed by atoms with E-state index in [-0.39, 0.29) is 6.03 Å². The van der Waals surface area contributed by atoms with E-state index in [4.69, 9.17) is 11.6 Å². The number of carbonyl (C=O) groups is 1. The lowest BCUT2D eigenvalue weighted by Gasteiger charge is -2.12. The predicted molar refractivity (Wildman–Crippen MR) is 71.8 cm³/mol. The molecule has 1 aromatic carbocycles. The Labute approximate surface area is 107 Å². The number of carbonyl (C=O) groups excluding carboxylic acids is 1. The molecule has 1 rings (SSSR count). The summed E-state index contributed by atoms with van der Waals surface area (Å²) in [4.78, 5) is 13.6. The quantitative estimate of drug-likeness (QED) is 0.867. The maximum absolute atomic E-state index is 11.6. The molecule has 0 aromatic heterocycles. The maximum Gasteiger partial charge on any atom is 0.319 e. The van der Waals surface area contributed by atoms with Crippen LogP contribution in [-0.4, -0.2) is 38.1 Å². The Bertz CT molecular complexity index is 393. The van der Waals surface area contributed by atoms with Gasteiger partial charge in [-0.15, -0.1) is 0 Å². The summed E-state index contributed by atoms with van der Waals surface area (Å²) in [5.41, 5.74) is 1.72. The minimum absolute atomic E-state index is 0.197. The van der Waals surface area contributed by atoms with Crippen molar-refractivity contribution in [1.29, 1.82) is 0 Å². The Morgan fingerprint density at radius 3 is 2.71 bits per heavy atom. The molecule has 5 heteroatoms. The first-order chi connectivity index (χ1) is 7.99. The molecule has 1 aromatic rings. The van der Waals surface area contributed by atoms with Crippen LogP contribution in [-0.2, 0) is 0 Å². The molecule has 0 aliphatic rings. The predicted octanol–water partition coefficient (Wildman–Crippen LogP) is 2.33. The second kappa shape index (κ2) is 6.47. The minimum atomic E-state index is -0.197. The van der Waals surface area contributed by atoms with Gasteiger partial charge in [0, 0.05) is 23.8 Å². The molecular weight excluding hydrogens is 238 g/mol. The number of aryl methyl sites for hydroxylation is 1. The SMILES string of the molecule is Cc1cc(Cl)ccc1NC(=O)NCCN(C)C. The van der Waals surface area contributed by atoms with Crippen molar-refractivity contribution in [2.24, 2.45) is 0 Å². The standard InChI is InChI=1S/C12H18ClN3O/c1-9-8-10(13)4-5-11(9)15-12(17)14-6-7-16(2)3/h4-5,8H,6-7H2,1-3H3,(H2,14,15,17). The highest BCUT2D eigenvalue weighted by atomic mass is 35.5. The summed E-state index contributed by atoms with van der Waals surface area (Å²) in [5, 5.41) is 6.23. The average Bonchev–Trinajstić information content (AvgIpc) is 2.21. The summed E-state index contributed by atoms with van der Waals surface area (Å²) in [6, 6.07) is 5.17. The van der Waals surface area contributed by atoms with Crippen LogP contribution in [0.3, 0.4) is 0 Å². The van der Waals surface area contributed by atoms with Gasteiger partial charge in [-0.25, -0.2) is 4.79 Å². The van der Waals surface area contributed by atoms with E-state index < -0.39 is 0 Å². The van der Waals surface area contributed by atoms with Gasteiger partial charge in [0.2, 0.25) is 0 Å². The van der Waals surface area contributed by atoms with E-state index in [9.17, 15) is 4.79 Å². The van der Waals surface area contributed by atoms with E-state index in [1.807, 2.05) is 32.0 Å². The van der Waals surface area contributed by atoms with Crippen LogP contribution < -0.4 is 10.6 Å². The van der Waals surface area contributed by atoms with Gasteiger partial charge in [0.15, 0.2) is 0 Å². The van der Waals surface area contributed by atoms with E-state index in [2.05, 4.69) is 10.6 Å². The normalized spacial score (nSPS) is 10.4. The number of rotatable bonds is 4. The molecule has 0 atom stereocenters. The summed E-state index contributed by atoms with van der Waals surface area (Å²) < 4.78 is 0. The lowest BCUT2D eigenvalue weighted by Crippen LogP contribution is -2.34. The summed E-state index contributed by atoms with van der Waals surface area (Å²) in [6.45, 7) is 3.33. The number of urea groups is 1. The Hall–Kier alpha value is -1.26. The van der Waals surface area contributed by atoms with Crippen LogP contribution in [0.4, 0.5) is 10.5 Å². The highest BCUT2D eigenvalue weighted by molar-refractivity contribution is 6.30. The Kier molecular flexibility index (Phi) is 5.25. The van der Waals surface area contributed by atoms with E-state index in [1.165, 1.54) is 0 Å². The van der Waals surface area contributed by atoms with Crippen LogP contribution >= 0.6 is 11.6 Å². The smallest absolute Gasteiger partial charge is 0.319 e.